The van der Waals surface area contributed by atoms with Crippen molar-refractivity contribution >= 4 is 17.7 Å². The first-order valence-electron chi connectivity index (χ1n) is 10.3. The number of Topliss-reactive ketones (excluding diaryl/α,β-unsaturated/α-hetero) is 1. The second kappa shape index (κ2) is 8.02. The number of halogens is 1. The van der Waals surface area contributed by atoms with Gasteiger partial charge in [0.25, 0.3) is 5.91 Å². The summed E-state index contributed by atoms with van der Waals surface area (Å²) in [6.45, 7) is 4.67. The predicted octanol–water partition coefficient (Wildman–Crippen LogP) is 3.75. The molecule has 8 heteroatoms. The van der Waals surface area contributed by atoms with E-state index in [-0.39, 0.29) is 0 Å². The van der Waals surface area contributed by atoms with Crippen molar-refractivity contribution in [2.24, 2.45) is 0 Å². The lowest BCUT2D eigenvalue weighted by molar-refractivity contribution is -0.130. The quantitative estimate of drug-likeness (QED) is 0.479. The molecule has 1 N–H and O–H groups in total. The number of nitrogens with zero attached hydrogens (tertiary/aromatic N) is 3. The highest BCUT2D eigenvalue weighted by Crippen LogP contribution is 2.30. The molecule has 0 radical (unpaired) electrons. The molecule has 0 saturated carbocycles. The lowest BCUT2D eigenvalue weighted by Gasteiger charge is -2.22. The van der Waals surface area contributed by atoms with Gasteiger partial charge in [0.15, 0.2) is 5.78 Å². The first-order valence-corrected chi connectivity index (χ1v) is 10.3. The molecule has 0 aliphatic carbocycles. The van der Waals surface area contributed by atoms with Crippen molar-refractivity contribution in [3.05, 3.63) is 88.5 Å². The van der Waals surface area contributed by atoms with Crippen LogP contribution in [0.3, 0.4) is 0 Å². The third-order valence-electron chi connectivity index (χ3n) is 5.97. The average Bonchev–Trinajstić information content (AvgIpc) is 3.21. The minimum Gasteiger partial charge on any atom is -0.319 e. The maximum absolute atomic E-state index is 13.7. The molecule has 1 fully saturated rings. The third-order valence-corrected chi connectivity index (χ3v) is 5.97. The second-order valence-electron chi connectivity index (χ2n) is 8.16. The van der Waals surface area contributed by atoms with Crippen molar-refractivity contribution in [1.82, 2.24) is 14.8 Å². The first kappa shape index (κ1) is 22.0. The molecule has 2 aromatic carbocycles. The first-order chi connectivity index (χ1) is 15.7. The Morgan fingerprint density at radius 2 is 1.82 bits per heavy atom. The number of rotatable bonds is 5. The summed E-state index contributed by atoms with van der Waals surface area (Å²) in [5, 5.41) is 11.6. The highest BCUT2D eigenvalue weighted by Gasteiger charge is 2.49. The minimum atomic E-state index is -1.34. The zero-order valence-electron chi connectivity index (χ0n) is 18.3. The summed E-state index contributed by atoms with van der Waals surface area (Å²) in [6, 6.07) is 15.4. The van der Waals surface area contributed by atoms with Gasteiger partial charge >= 0.3 is 6.03 Å². The van der Waals surface area contributed by atoms with Crippen molar-refractivity contribution in [2.45, 2.75) is 26.3 Å². The Hall–Kier alpha value is -4.25. The predicted molar refractivity (Wildman–Crippen MR) is 118 cm³/mol. The Labute approximate surface area is 190 Å². The molecule has 2 heterocycles. The molecule has 1 unspecified atom stereocenters. The Morgan fingerprint density at radius 3 is 2.45 bits per heavy atom. The molecule has 1 saturated heterocycles. The molecule has 0 bridgehead atoms. The molecular weight excluding hydrogens is 423 g/mol. The van der Waals surface area contributed by atoms with Gasteiger partial charge in [-0.2, -0.15) is 5.26 Å². The maximum atomic E-state index is 13.7. The van der Waals surface area contributed by atoms with Crippen LogP contribution in [0.5, 0.6) is 0 Å². The van der Waals surface area contributed by atoms with Crippen LogP contribution in [0.4, 0.5) is 9.18 Å². The molecule has 1 aromatic heterocycles. The SMILES string of the molecule is Cc1cc(C(=O)CN2C(=O)NC(C)(c3ccc(C#N)cc3)C2=O)c(C)n1-c1cccc(F)c1. The summed E-state index contributed by atoms with van der Waals surface area (Å²) in [5.41, 5.74) is 1.84. The smallest absolute Gasteiger partial charge is 0.319 e. The monoisotopic (exact) mass is 444 g/mol. The largest absolute Gasteiger partial charge is 0.325 e. The van der Waals surface area contributed by atoms with Crippen molar-refractivity contribution in [3.8, 4) is 11.8 Å². The van der Waals surface area contributed by atoms with Gasteiger partial charge in [0.1, 0.15) is 11.4 Å². The zero-order valence-corrected chi connectivity index (χ0v) is 18.3. The number of ketones is 1. The average molecular weight is 444 g/mol. The van der Waals surface area contributed by atoms with E-state index in [0.717, 1.165) is 10.6 Å². The summed E-state index contributed by atoms with van der Waals surface area (Å²) < 4.78 is 15.5. The van der Waals surface area contributed by atoms with Gasteiger partial charge < -0.3 is 9.88 Å². The number of amides is 3. The van der Waals surface area contributed by atoms with E-state index in [1.54, 1.807) is 67.8 Å². The van der Waals surface area contributed by atoms with Crippen LogP contribution in [-0.2, 0) is 10.3 Å². The van der Waals surface area contributed by atoms with E-state index in [0.29, 0.717) is 28.1 Å². The van der Waals surface area contributed by atoms with E-state index in [2.05, 4.69) is 5.32 Å². The molecule has 1 aliphatic heterocycles. The highest BCUT2D eigenvalue weighted by molar-refractivity contribution is 6.11. The number of urea groups is 1. The van der Waals surface area contributed by atoms with Crippen LogP contribution >= 0.6 is 0 Å². The van der Waals surface area contributed by atoms with E-state index in [4.69, 9.17) is 5.26 Å². The summed E-state index contributed by atoms with van der Waals surface area (Å²) >= 11 is 0. The minimum absolute atomic E-state index is 0.351. The molecule has 3 amide bonds. The van der Waals surface area contributed by atoms with E-state index < -0.39 is 35.6 Å². The molecule has 4 rings (SSSR count). The normalized spacial score (nSPS) is 17.7. The van der Waals surface area contributed by atoms with E-state index in [1.165, 1.54) is 12.1 Å². The molecule has 3 aromatic rings. The Morgan fingerprint density at radius 1 is 1.12 bits per heavy atom. The van der Waals surface area contributed by atoms with Crippen LogP contribution in [0.15, 0.2) is 54.6 Å². The topological polar surface area (TPSA) is 95.2 Å². The fraction of sp³-hybridized carbons (Fsp3) is 0.200. The van der Waals surface area contributed by atoms with Crippen LogP contribution in [-0.4, -0.2) is 33.7 Å². The van der Waals surface area contributed by atoms with Crippen molar-refractivity contribution < 1.29 is 18.8 Å². The number of hydrogen-bond acceptors (Lipinski definition) is 4. The number of imide groups is 1. The fourth-order valence-corrected chi connectivity index (χ4v) is 4.20. The fourth-order valence-electron chi connectivity index (χ4n) is 4.20. The van der Waals surface area contributed by atoms with Gasteiger partial charge in [-0.15, -0.1) is 0 Å². The van der Waals surface area contributed by atoms with Gasteiger partial charge in [-0.1, -0.05) is 18.2 Å². The van der Waals surface area contributed by atoms with Crippen molar-refractivity contribution in [1.29, 1.82) is 5.26 Å². The van der Waals surface area contributed by atoms with E-state index in [1.807, 2.05) is 6.07 Å². The Kier molecular flexibility index (Phi) is 5.34. The van der Waals surface area contributed by atoms with Crippen LogP contribution in [0.25, 0.3) is 5.69 Å². The standard InChI is InChI=1S/C25H21FN4O3/c1-15-11-21(16(2)30(15)20-6-4-5-19(26)12-20)22(31)14-29-23(32)25(3,28-24(29)33)18-9-7-17(13-27)8-10-18/h4-12H,14H2,1-3H3,(H,28,33). The molecule has 33 heavy (non-hydrogen) atoms. The third kappa shape index (κ3) is 3.68. The van der Waals surface area contributed by atoms with Gasteiger partial charge in [0.05, 0.1) is 18.2 Å². The second-order valence-corrected chi connectivity index (χ2v) is 8.16. The number of aromatic nitrogens is 1. The van der Waals surface area contributed by atoms with E-state index >= 15 is 0 Å². The number of nitriles is 1. The summed E-state index contributed by atoms with van der Waals surface area (Å²) in [4.78, 5) is 39.8. The molecule has 7 nitrogen and oxygen atoms in total. The van der Waals surface area contributed by atoms with Gasteiger partial charge in [-0.05, 0) is 62.7 Å². The Bertz CT molecular complexity index is 1340. The molecular formula is C25H21FN4O3. The van der Waals surface area contributed by atoms with Crippen LogP contribution < -0.4 is 5.32 Å². The summed E-state index contributed by atoms with van der Waals surface area (Å²) in [6.07, 6.45) is 0. The number of benzene rings is 2. The van der Waals surface area contributed by atoms with Crippen LogP contribution in [0.1, 0.15) is 39.8 Å². The number of carbonyl (C=O) groups is 3. The van der Waals surface area contributed by atoms with Gasteiger partial charge in [-0.25, -0.2) is 9.18 Å². The summed E-state index contributed by atoms with van der Waals surface area (Å²) in [7, 11) is 0. The molecule has 0 spiro atoms. The van der Waals surface area contributed by atoms with Crippen LogP contribution in [0, 0.1) is 31.0 Å². The number of carbonyl (C=O) groups excluding carboxylic acids is 3. The molecule has 1 aliphatic rings. The number of nitrogens with one attached hydrogen (secondary N) is 1. The number of hydrogen-bond donors (Lipinski definition) is 1. The molecule has 166 valence electrons. The maximum Gasteiger partial charge on any atom is 0.325 e. The van der Waals surface area contributed by atoms with Crippen molar-refractivity contribution in [3.63, 3.8) is 0 Å². The highest BCUT2D eigenvalue weighted by atomic mass is 19.1. The lowest BCUT2D eigenvalue weighted by atomic mass is 9.91. The summed E-state index contributed by atoms with van der Waals surface area (Å²) in [5.74, 6) is -1.35. The van der Waals surface area contributed by atoms with Crippen molar-refractivity contribution in [2.75, 3.05) is 6.54 Å². The molecule has 1 atom stereocenters. The van der Waals surface area contributed by atoms with Gasteiger partial charge in [0, 0.05) is 22.6 Å². The van der Waals surface area contributed by atoms with Crippen LogP contribution in [0.2, 0.25) is 0 Å². The Balaban J connectivity index is 1.60. The zero-order chi connectivity index (χ0) is 23.9. The van der Waals surface area contributed by atoms with Gasteiger partial charge in [-0.3, -0.25) is 14.5 Å². The lowest BCUT2D eigenvalue weighted by Crippen LogP contribution is -2.41. The number of aryl methyl sites for hydroxylation is 1. The van der Waals surface area contributed by atoms with E-state index in [9.17, 15) is 18.8 Å². The van der Waals surface area contributed by atoms with Gasteiger partial charge in [0.2, 0.25) is 0 Å².